The maximum Gasteiger partial charge on any atom is 0.138 e. The molecule has 0 bridgehead atoms. The smallest absolute Gasteiger partial charge is 0.138 e. The van der Waals surface area contributed by atoms with E-state index in [2.05, 4.69) is 57.0 Å². The number of nitrogens with one attached hydrogen (secondary N) is 1. The summed E-state index contributed by atoms with van der Waals surface area (Å²) < 4.78 is 0. The Labute approximate surface area is 157 Å². The van der Waals surface area contributed by atoms with Crippen LogP contribution in [0.2, 0.25) is 0 Å². The van der Waals surface area contributed by atoms with Gasteiger partial charge in [-0.2, -0.15) is 0 Å². The highest BCUT2D eigenvalue weighted by atomic mass is 32.1. The number of likely N-dealkylation sites (N-methyl/N-ethyl adjacent to an activating group) is 1. The molecule has 1 aliphatic rings. The van der Waals surface area contributed by atoms with E-state index >= 15 is 0 Å². The van der Waals surface area contributed by atoms with E-state index in [-0.39, 0.29) is 0 Å². The molecular weight excluding hydrogens is 344 g/mol. The maximum absolute atomic E-state index is 4.66. The zero-order valence-electron chi connectivity index (χ0n) is 15.5. The quantitative estimate of drug-likeness (QED) is 0.764. The summed E-state index contributed by atoms with van der Waals surface area (Å²) in [5.41, 5.74) is 2.46. The van der Waals surface area contributed by atoms with Crippen LogP contribution in [0.25, 0.3) is 10.2 Å². The summed E-state index contributed by atoms with van der Waals surface area (Å²) in [6.07, 6.45) is 3.52. The van der Waals surface area contributed by atoms with Gasteiger partial charge in [-0.05, 0) is 32.5 Å². The molecule has 0 aliphatic carbocycles. The number of thiophene rings is 1. The van der Waals surface area contributed by atoms with Crippen molar-refractivity contribution in [2.75, 3.05) is 43.4 Å². The number of hydrogen-bond donors (Lipinski definition) is 1. The number of piperazine rings is 1. The molecule has 1 fully saturated rings. The third-order valence-electron chi connectivity index (χ3n) is 5.08. The lowest BCUT2D eigenvalue weighted by molar-refractivity contribution is 0.312. The molecule has 0 unspecified atom stereocenters. The Morgan fingerprint density at radius 2 is 1.92 bits per heavy atom. The van der Waals surface area contributed by atoms with Crippen molar-refractivity contribution in [3.8, 4) is 0 Å². The van der Waals surface area contributed by atoms with Crippen LogP contribution in [0.15, 0.2) is 24.7 Å². The number of aryl methyl sites for hydroxylation is 2. The average Bonchev–Trinajstić information content (AvgIpc) is 2.96. The zero-order chi connectivity index (χ0) is 18.1. The molecule has 4 rings (SSSR count). The first-order valence-corrected chi connectivity index (χ1v) is 9.77. The second-order valence-electron chi connectivity index (χ2n) is 6.82. The van der Waals surface area contributed by atoms with Crippen molar-refractivity contribution in [3.63, 3.8) is 0 Å². The average molecular weight is 369 g/mol. The van der Waals surface area contributed by atoms with Crippen molar-refractivity contribution < 1.29 is 0 Å². The van der Waals surface area contributed by atoms with Crippen molar-refractivity contribution >= 4 is 33.2 Å². The van der Waals surface area contributed by atoms with Crippen molar-refractivity contribution in [1.29, 1.82) is 0 Å². The summed E-state index contributed by atoms with van der Waals surface area (Å²) in [5, 5.41) is 4.66. The molecule has 1 aliphatic heterocycles. The first kappa shape index (κ1) is 17.2. The summed E-state index contributed by atoms with van der Waals surface area (Å²) in [4.78, 5) is 20.6. The lowest BCUT2D eigenvalue weighted by Gasteiger charge is -2.34. The van der Waals surface area contributed by atoms with Crippen molar-refractivity contribution in [3.05, 3.63) is 40.7 Å². The van der Waals surface area contributed by atoms with Crippen LogP contribution in [0.5, 0.6) is 0 Å². The molecule has 4 heterocycles. The highest BCUT2D eigenvalue weighted by Crippen LogP contribution is 2.32. The van der Waals surface area contributed by atoms with Gasteiger partial charge in [0, 0.05) is 49.4 Å². The van der Waals surface area contributed by atoms with Gasteiger partial charge < -0.3 is 15.1 Å². The molecule has 0 saturated carbocycles. The van der Waals surface area contributed by atoms with E-state index in [1.165, 1.54) is 16.0 Å². The molecule has 1 saturated heterocycles. The largest absolute Gasteiger partial charge is 0.365 e. The van der Waals surface area contributed by atoms with E-state index in [1.54, 1.807) is 17.7 Å². The predicted molar refractivity (Wildman–Crippen MR) is 108 cm³/mol. The lowest BCUT2D eigenvalue weighted by atomic mass is 10.2. The topological polar surface area (TPSA) is 57.2 Å². The zero-order valence-corrected chi connectivity index (χ0v) is 16.3. The molecule has 7 heteroatoms. The van der Waals surface area contributed by atoms with Crippen molar-refractivity contribution in [1.82, 2.24) is 19.9 Å². The first-order chi connectivity index (χ1) is 12.6. The number of nitrogens with zero attached hydrogens (tertiary/aromatic N) is 5. The van der Waals surface area contributed by atoms with Gasteiger partial charge in [0.15, 0.2) is 0 Å². The van der Waals surface area contributed by atoms with Gasteiger partial charge >= 0.3 is 0 Å². The fraction of sp³-hybridized carbons (Fsp3) is 0.421. The first-order valence-electron chi connectivity index (χ1n) is 8.95. The Bertz CT molecular complexity index is 914. The van der Waals surface area contributed by atoms with Gasteiger partial charge in [0.05, 0.1) is 5.39 Å². The summed E-state index contributed by atoms with van der Waals surface area (Å²) in [6, 6.07) is 4.16. The molecule has 3 aromatic heterocycles. The van der Waals surface area contributed by atoms with E-state index in [4.69, 9.17) is 0 Å². The fourth-order valence-electron chi connectivity index (χ4n) is 3.37. The van der Waals surface area contributed by atoms with Gasteiger partial charge in [0.2, 0.25) is 0 Å². The van der Waals surface area contributed by atoms with Crippen LogP contribution in [0.4, 0.5) is 11.6 Å². The Hall–Kier alpha value is -2.25. The highest BCUT2D eigenvalue weighted by Gasteiger charge is 2.18. The Balaban J connectivity index is 1.58. The second-order valence-corrected chi connectivity index (χ2v) is 8.02. The van der Waals surface area contributed by atoms with E-state index in [9.17, 15) is 0 Å². The van der Waals surface area contributed by atoms with E-state index in [0.29, 0.717) is 6.54 Å². The van der Waals surface area contributed by atoms with Gasteiger partial charge in [0.25, 0.3) is 0 Å². The van der Waals surface area contributed by atoms with E-state index < -0.39 is 0 Å². The van der Waals surface area contributed by atoms with Crippen LogP contribution in [-0.4, -0.2) is 53.1 Å². The summed E-state index contributed by atoms with van der Waals surface area (Å²) in [5.74, 6) is 1.99. The number of pyridine rings is 1. The minimum Gasteiger partial charge on any atom is -0.365 e. The SMILES string of the molecule is Cc1sc2ncnc(NCc3cccnc3N3CCN(C)CC3)c2c1C. The normalized spacial score (nSPS) is 15.6. The number of aromatic nitrogens is 3. The molecule has 0 radical (unpaired) electrons. The number of fused-ring (bicyclic) bond motifs is 1. The van der Waals surface area contributed by atoms with E-state index in [0.717, 1.165) is 48.0 Å². The Morgan fingerprint density at radius 3 is 2.73 bits per heavy atom. The maximum atomic E-state index is 4.66. The van der Waals surface area contributed by atoms with Gasteiger partial charge in [-0.15, -0.1) is 11.3 Å². The van der Waals surface area contributed by atoms with Gasteiger partial charge in [-0.3, -0.25) is 0 Å². The van der Waals surface area contributed by atoms with Crippen LogP contribution < -0.4 is 10.2 Å². The third-order valence-corrected chi connectivity index (χ3v) is 6.20. The summed E-state index contributed by atoms with van der Waals surface area (Å²) in [7, 11) is 2.17. The van der Waals surface area contributed by atoms with Crippen LogP contribution in [0.1, 0.15) is 16.0 Å². The highest BCUT2D eigenvalue weighted by molar-refractivity contribution is 7.18. The molecule has 3 aromatic rings. The van der Waals surface area contributed by atoms with Crippen LogP contribution in [0.3, 0.4) is 0 Å². The summed E-state index contributed by atoms with van der Waals surface area (Å²) in [6.45, 7) is 9.16. The van der Waals surface area contributed by atoms with Crippen LogP contribution >= 0.6 is 11.3 Å². The lowest BCUT2D eigenvalue weighted by Crippen LogP contribution is -2.45. The molecule has 0 spiro atoms. The van der Waals surface area contributed by atoms with E-state index in [1.807, 2.05) is 12.3 Å². The van der Waals surface area contributed by atoms with Crippen molar-refractivity contribution in [2.24, 2.45) is 0 Å². The Kier molecular flexibility index (Phi) is 4.74. The van der Waals surface area contributed by atoms with Crippen molar-refractivity contribution in [2.45, 2.75) is 20.4 Å². The Morgan fingerprint density at radius 1 is 1.12 bits per heavy atom. The molecule has 26 heavy (non-hydrogen) atoms. The molecule has 136 valence electrons. The predicted octanol–water partition coefficient (Wildman–Crippen LogP) is 3.07. The fourth-order valence-corrected chi connectivity index (χ4v) is 4.36. The molecule has 0 aromatic carbocycles. The second kappa shape index (κ2) is 7.17. The van der Waals surface area contributed by atoms with Gasteiger partial charge in [0.1, 0.15) is 22.8 Å². The molecule has 1 N–H and O–H groups in total. The minimum atomic E-state index is 0.704. The van der Waals surface area contributed by atoms with Crippen LogP contribution in [0, 0.1) is 13.8 Å². The number of hydrogen-bond acceptors (Lipinski definition) is 7. The molecule has 0 atom stereocenters. The standard InChI is InChI=1S/C19H24N6S/c1-13-14(2)26-19-16(13)17(22-12-23-19)21-11-15-5-4-6-20-18(15)25-9-7-24(3)8-10-25/h4-6,12H,7-11H2,1-3H3,(H,21,22,23). The monoisotopic (exact) mass is 368 g/mol. The third kappa shape index (κ3) is 3.24. The van der Waals surface area contributed by atoms with Gasteiger partial charge in [-0.25, -0.2) is 15.0 Å². The minimum absolute atomic E-state index is 0.704. The van der Waals surface area contributed by atoms with Gasteiger partial charge in [-0.1, -0.05) is 6.07 Å². The summed E-state index contributed by atoms with van der Waals surface area (Å²) >= 11 is 1.72. The van der Waals surface area contributed by atoms with Crippen LogP contribution in [-0.2, 0) is 6.54 Å². The molecular formula is C19H24N6S. The molecule has 0 amide bonds. The number of rotatable bonds is 4. The number of anilines is 2. The molecule has 6 nitrogen and oxygen atoms in total.